The molecule has 0 bridgehead atoms. The van der Waals surface area contributed by atoms with Gasteiger partial charge in [0, 0.05) is 11.6 Å². The molecule has 1 aromatic carbocycles. The highest BCUT2D eigenvalue weighted by molar-refractivity contribution is 6.34. The van der Waals surface area contributed by atoms with E-state index in [9.17, 15) is 18.0 Å². The Kier molecular flexibility index (Phi) is 4.86. The Morgan fingerprint density at radius 1 is 1.33 bits per heavy atom. The van der Waals surface area contributed by atoms with Gasteiger partial charge in [0.15, 0.2) is 0 Å². The molecule has 1 amide bonds. The maximum atomic E-state index is 13.1. The van der Waals surface area contributed by atoms with E-state index in [1.54, 1.807) is 6.07 Å². The number of nitrogens with one attached hydrogen (secondary N) is 3. The molecule has 0 spiro atoms. The van der Waals surface area contributed by atoms with Crippen molar-refractivity contribution < 1.29 is 18.0 Å². The molecule has 5 nitrogen and oxygen atoms in total. The minimum Gasteiger partial charge on any atom is -0.381 e. The molecule has 0 radical (unpaired) electrons. The van der Waals surface area contributed by atoms with Crippen LogP contribution in [0, 0.1) is 5.41 Å². The summed E-state index contributed by atoms with van der Waals surface area (Å²) in [5.41, 5.74) is 0.486. The summed E-state index contributed by atoms with van der Waals surface area (Å²) in [5, 5.41) is 14.0. The molecular weight excluding hydrogens is 381 g/mol. The van der Waals surface area contributed by atoms with Crippen molar-refractivity contribution in [1.82, 2.24) is 5.32 Å². The van der Waals surface area contributed by atoms with Gasteiger partial charge in [-0.25, -0.2) is 4.99 Å². The van der Waals surface area contributed by atoms with Gasteiger partial charge in [0.25, 0.3) is 0 Å². The average molecular weight is 397 g/mol. The lowest BCUT2D eigenvalue weighted by atomic mass is 10.0. The van der Waals surface area contributed by atoms with Gasteiger partial charge in [-0.2, -0.15) is 13.2 Å². The van der Waals surface area contributed by atoms with Crippen molar-refractivity contribution in [2.75, 3.05) is 5.32 Å². The molecule has 0 atom stereocenters. The van der Waals surface area contributed by atoms with Crippen LogP contribution in [0.4, 0.5) is 18.9 Å². The number of anilines is 1. The summed E-state index contributed by atoms with van der Waals surface area (Å²) in [5.74, 6) is -0.208. The molecule has 3 N–H and O–H groups in total. The van der Waals surface area contributed by atoms with E-state index in [0.29, 0.717) is 16.8 Å². The predicted octanol–water partition coefficient (Wildman–Crippen LogP) is 4.09. The molecule has 2 aliphatic heterocycles. The standard InChI is InChI=1S/C18H16ClF3N4O/c1-8(2)24-16(17-12(23)3-4-13(25-17)18(20,21)22)9-5-10-7-14(27)26-15(10)11(19)6-9/h3-6,8,23-24H,7H2,1-2H3,(H,26,27)/b17-16+,23-12?. The van der Waals surface area contributed by atoms with E-state index in [1.807, 2.05) is 13.8 Å². The van der Waals surface area contributed by atoms with Crippen LogP contribution in [0.15, 0.2) is 35.0 Å². The minimum absolute atomic E-state index is 0.127. The minimum atomic E-state index is -4.63. The number of dihydropyridines is 1. The Bertz CT molecular complexity index is 929. The normalized spacial score (nSPS) is 18.4. The molecular formula is C18H16ClF3N4O. The number of hydrogen-bond donors (Lipinski definition) is 3. The Hall–Kier alpha value is -2.61. The molecule has 0 aromatic heterocycles. The van der Waals surface area contributed by atoms with Crippen molar-refractivity contribution in [1.29, 1.82) is 5.41 Å². The number of allylic oxidation sites excluding steroid dienone is 2. The van der Waals surface area contributed by atoms with Crippen LogP contribution in [0.3, 0.4) is 0 Å². The quantitative estimate of drug-likeness (QED) is 0.719. The highest BCUT2D eigenvalue weighted by atomic mass is 35.5. The van der Waals surface area contributed by atoms with Crippen LogP contribution in [-0.2, 0) is 11.2 Å². The van der Waals surface area contributed by atoms with Gasteiger partial charge in [-0.3, -0.25) is 10.2 Å². The van der Waals surface area contributed by atoms with E-state index in [2.05, 4.69) is 15.6 Å². The van der Waals surface area contributed by atoms with E-state index in [1.165, 1.54) is 6.07 Å². The number of benzene rings is 1. The first kappa shape index (κ1) is 19.2. The fourth-order valence-electron chi connectivity index (χ4n) is 2.83. The van der Waals surface area contributed by atoms with Crippen LogP contribution in [0.25, 0.3) is 5.70 Å². The van der Waals surface area contributed by atoms with Crippen molar-refractivity contribution in [3.63, 3.8) is 0 Å². The molecule has 1 aromatic rings. The van der Waals surface area contributed by atoms with E-state index >= 15 is 0 Å². The number of fused-ring (bicyclic) bond motifs is 1. The Morgan fingerprint density at radius 3 is 2.67 bits per heavy atom. The molecule has 0 aliphatic carbocycles. The second kappa shape index (κ2) is 6.84. The zero-order valence-corrected chi connectivity index (χ0v) is 15.2. The van der Waals surface area contributed by atoms with E-state index < -0.39 is 11.9 Å². The first-order chi connectivity index (χ1) is 12.6. The van der Waals surface area contributed by atoms with Crippen molar-refractivity contribution in [2.45, 2.75) is 32.5 Å². The number of carbonyl (C=O) groups is 1. The molecule has 2 aliphatic rings. The lowest BCUT2D eigenvalue weighted by Gasteiger charge is -2.21. The summed E-state index contributed by atoms with van der Waals surface area (Å²) in [6.45, 7) is 3.63. The Balaban J connectivity index is 2.19. The van der Waals surface area contributed by atoms with Gasteiger partial charge in [0.05, 0.1) is 28.5 Å². The van der Waals surface area contributed by atoms with Crippen molar-refractivity contribution >= 4 is 40.3 Å². The fraction of sp³-hybridized carbons (Fsp3) is 0.278. The van der Waals surface area contributed by atoms with Crippen LogP contribution in [0.1, 0.15) is 25.0 Å². The van der Waals surface area contributed by atoms with Crippen molar-refractivity contribution in [2.24, 2.45) is 4.99 Å². The number of hydrogen-bond acceptors (Lipinski definition) is 4. The predicted molar refractivity (Wildman–Crippen MR) is 99.3 cm³/mol. The summed E-state index contributed by atoms with van der Waals surface area (Å²) >= 11 is 6.25. The Morgan fingerprint density at radius 2 is 2.04 bits per heavy atom. The summed E-state index contributed by atoms with van der Waals surface area (Å²) in [6.07, 6.45) is -2.66. The third-order valence-corrected chi connectivity index (χ3v) is 4.23. The summed E-state index contributed by atoms with van der Waals surface area (Å²) in [4.78, 5) is 15.3. The number of nitrogens with zero attached hydrogens (tertiary/aromatic N) is 1. The zero-order chi connectivity index (χ0) is 19.9. The molecule has 0 fully saturated rings. The van der Waals surface area contributed by atoms with Gasteiger partial charge in [0.2, 0.25) is 5.91 Å². The lowest BCUT2D eigenvalue weighted by molar-refractivity contribution is -0.115. The highest BCUT2D eigenvalue weighted by Gasteiger charge is 2.36. The third kappa shape index (κ3) is 3.90. The molecule has 0 unspecified atom stereocenters. The highest BCUT2D eigenvalue weighted by Crippen LogP contribution is 2.35. The first-order valence-corrected chi connectivity index (χ1v) is 8.50. The van der Waals surface area contributed by atoms with Gasteiger partial charge in [0.1, 0.15) is 11.4 Å². The molecule has 0 saturated heterocycles. The van der Waals surface area contributed by atoms with E-state index in [4.69, 9.17) is 17.0 Å². The first-order valence-electron chi connectivity index (χ1n) is 8.12. The van der Waals surface area contributed by atoms with E-state index in [0.717, 1.165) is 12.2 Å². The van der Waals surface area contributed by atoms with Crippen LogP contribution in [-0.4, -0.2) is 29.5 Å². The number of carbonyl (C=O) groups excluding carboxylic acids is 1. The number of halogens is 4. The summed E-state index contributed by atoms with van der Waals surface area (Å²) in [6, 6.07) is 3.08. The van der Waals surface area contributed by atoms with Crippen molar-refractivity contribution in [3.8, 4) is 0 Å². The zero-order valence-electron chi connectivity index (χ0n) is 14.5. The van der Waals surface area contributed by atoms with E-state index in [-0.39, 0.29) is 40.5 Å². The topological polar surface area (TPSA) is 77.3 Å². The van der Waals surface area contributed by atoms with Crippen LogP contribution < -0.4 is 10.6 Å². The third-order valence-electron chi connectivity index (χ3n) is 3.93. The molecule has 0 saturated carbocycles. The maximum Gasteiger partial charge on any atom is 0.433 e. The van der Waals surface area contributed by atoms with Crippen molar-refractivity contribution in [3.05, 3.63) is 46.1 Å². The SMILES string of the molecule is CC(C)N/C(=C1/N=C(C(F)(F)F)C=CC1=N)c1cc(Cl)c2c(c1)CC(=O)N2. The largest absolute Gasteiger partial charge is 0.433 e. The lowest BCUT2D eigenvalue weighted by Crippen LogP contribution is -2.27. The van der Waals surface area contributed by atoms with Gasteiger partial charge in [-0.05, 0) is 43.7 Å². The second-order valence-electron chi connectivity index (χ2n) is 6.48. The number of amides is 1. The number of rotatable bonds is 3. The maximum absolute atomic E-state index is 13.1. The summed E-state index contributed by atoms with van der Waals surface area (Å²) < 4.78 is 39.3. The fourth-order valence-corrected chi connectivity index (χ4v) is 3.11. The summed E-state index contributed by atoms with van der Waals surface area (Å²) in [7, 11) is 0. The van der Waals surface area contributed by atoms with Gasteiger partial charge in [-0.1, -0.05) is 11.6 Å². The molecule has 2 heterocycles. The number of alkyl halides is 3. The second-order valence-corrected chi connectivity index (χ2v) is 6.89. The molecule has 142 valence electrons. The van der Waals surface area contributed by atoms with Crippen LogP contribution >= 0.6 is 11.6 Å². The van der Waals surface area contributed by atoms with Crippen LogP contribution in [0.2, 0.25) is 5.02 Å². The molecule has 27 heavy (non-hydrogen) atoms. The van der Waals surface area contributed by atoms with Gasteiger partial charge in [-0.15, -0.1) is 0 Å². The van der Waals surface area contributed by atoms with Crippen LogP contribution in [0.5, 0.6) is 0 Å². The van der Waals surface area contributed by atoms with Gasteiger partial charge < -0.3 is 10.6 Å². The average Bonchev–Trinajstić information content (AvgIpc) is 2.93. The Labute approximate surface area is 158 Å². The number of aliphatic imine (C=N–C) groups is 1. The molecule has 9 heteroatoms. The monoisotopic (exact) mass is 396 g/mol. The molecule has 3 rings (SSSR count). The van der Waals surface area contributed by atoms with Gasteiger partial charge >= 0.3 is 6.18 Å². The smallest absolute Gasteiger partial charge is 0.381 e.